The number of thioether (sulfide) groups is 1. The average molecular weight is 419 g/mol. The number of nitriles is 1. The molecule has 1 amide bonds. The Morgan fingerprint density at radius 3 is 2.80 bits per heavy atom. The van der Waals surface area contributed by atoms with Crippen LogP contribution in [0.25, 0.3) is 16.7 Å². The lowest BCUT2D eigenvalue weighted by molar-refractivity contribution is -0.113. The van der Waals surface area contributed by atoms with Gasteiger partial charge in [0.15, 0.2) is 5.16 Å². The van der Waals surface area contributed by atoms with E-state index in [1.807, 2.05) is 38.1 Å². The quantitative estimate of drug-likeness (QED) is 0.459. The lowest BCUT2D eigenvalue weighted by atomic mass is 10.2. The number of para-hydroxylation sites is 2. The summed E-state index contributed by atoms with van der Waals surface area (Å²) in [6.45, 7) is 3.64. The fraction of sp³-hybridized carbons (Fsp3) is 0.136. The van der Waals surface area contributed by atoms with Gasteiger partial charge in [0.05, 0.1) is 28.0 Å². The van der Waals surface area contributed by atoms with E-state index in [2.05, 4.69) is 21.4 Å². The van der Waals surface area contributed by atoms with Crippen LogP contribution in [0.5, 0.6) is 0 Å². The molecule has 0 aliphatic carbocycles. The third-order valence-corrected chi connectivity index (χ3v) is 5.73. The van der Waals surface area contributed by atoms with Crippen molar-refractivity contribution >= 4 is 34.5 Å². The normalized spacial score (nSPS) is 10.9. The highest BCUT2D eigenvalue weighted by Crippen LogP contribution is 2.30. The molecule has 0 bridgehead atoms. The summed E-state index contributed by atoms with van der Waals surface area (Å²) in [6, 6.07) is 15.8. The van der Waals surface area contributed by atoms with E-state index < -0.39 is 5.82 Å². The van der Waals surface area contributed by atoms with Crippen LogP contribution >= 0.6 is 11.8 Å². The summed E-state index contributed by atoms with van der Waals surface area (Å²) in [5.41, 5.74) is 4.13. The smallest absolute Gasteiger partial charge is 0.236 e. The Balaban J connectivity index is 1.59. The van der Waals surface area contributed by atoms with Crippen molar-refractivity contribution in [2.24, 2.45) is 0 Å². The number of halogens is 1. The Labute approximate surface area is 176 Å². The standard InChI is InChI=1S/C22H18FN5OS/c1-13-14(2)28(16-7-5-6-15(23)10-16)21(17(13)11-24)27-20(29)12-30-22-25-18-8-3-4-9-19(18)26-22/h3-10H,12H2,1-2H3,(H,25,26)(H,27,29). The predicted molar refractivity (Wildman–Crippen MR) is 115 cm³/mol. The molecule has 0 saturated carbocycles. The Bertz CT molecular complexity index is 1270. The molecule has 2 heterocycles. The zero-order chi connectivity index (χ0) is 21.3. The molecular weight excluding hydrogens is 401 g/mol. The minimum absolute atomic E-state index is 0.108. The van der Waals surface area contributed by atoms with Gasteiger partial charge in [0.1, 0.15) is 17.7 Å². The number of carbonyl (C=O) groups excluding carboxylic acids is 1. The Morgan fingerprint density at radius 2 is 2.07 bits per heavy atom. The van der Waals surface area contributed by atoms with Crippen LogP contribution in [0, 0.1) is 31.0 Å². The van der Waals surface area contributed by atoms with E-state index in [0.717, 1.165) is 22.3 Å². The number of hydrogen-bond acceptors (Lipinski definition) is 4. The largest absolute Gasteiger partial charge is 0.333 e. The van der Waals surface area contributed by atoms with Crippen LogP contribution in [0.15, 0.2) is 53.7 Å². The van der Waals surface area contributed by atoms with Crippen LogP contribution in [0.1, 0.15) is 16.8 Å². The summed E-state index contributed by atoms with van der Waals surface area (Å²) in [6.07, 6.45) is 0. The summed E-state index contributed by atoms with van der Waals surface area (Å²) < 4.78 is 15.5. The molecule has 2 N–H and O–H groups in total. The van der Waals surface area contributed by atoms with Gasteiger partial charge in [-0.05, 0) is 49.7 Å². The van der Waals surface area contributed by atoms with Crippen molar-refractivity contribution in [3.8, 4) is 11.8 Å². The first kappa shape index (κ1) is 19.7. The molecule has 30 heavy (non-hydrogen) atoms. The molecule has 2 aromatic carbocycles. The van der Waals surface area contributed by atoms with Crippen molar-refractivity contribution in [2.75, 3.05) is 11.1 Å². The fourth-order valence-electron chi connectivity index (χ4n) is 3.30. The third-order valence-electron chi connectivity index (χ3n) is 4.86. The number of fused-ring (bicyclic) bond motifs is 1. The maximum absolute atomic E-state index is 13.8. The van der Waals surface area contributed by atoms with Crippen molar-refractivity contribution < 1.29 is 9.18 Å². The molecule has 4 rings (SSSR count). The number of benzene rings is 2. The molecule has 150 valence electrons. The van der Waals surface area contributed by atoms with E-state index >= 15 is 0 Å². The van der Waals surface area contributed by atoms with E-state index in [0.29, 0.717) is 22.2 Å². The molecule has 0 unspecified atom stereocenters. The minimum Gasteiger partial charge on any atom is -0.333 e. The highest BCUT2D eigenvalue weighted by atomic mass is 32.2. The second-order valence-electron chi connectivity index (χ2n) is 6.76. The second kappa shape index (κ2) is 8.05. The van der Waals surface area contributed by atoms with E-state index in [4.69, 9.17) is 0 Å². The molecule has 0 fully saturated rings. The molecule has 4 aromatic rings. The molecule has 0 atom stereocenters. The van der Waals surface area contributed by atoms with Gasteiger partial charge in [-0.15, -0.1) is 0 Å². The van der Waals surface area contributed by atoms with Gasteiger partial charge >= 0.3 is 0 Å². The van der Waals surface area contributed by atoms with Crippen LogP contribution in [-0.4, -0.2) is 26.2 Å². The number of H-pyrrole nitrogens is 1. The third kappa shape index (κ3) is 3.67. The van der Waals surface area contributed by atoms with Crippen LogP contribution in [-0.2, 0) is 4.79 Å². The molecule has 2 aromatic heterocycles. The number of imidazole rings is 1. The summed E-state index contributed by atoms with van der Waals surface area (Å²) in [5.74, 6) is -0.230. The van der Waals surface area contributed by atoms with Crippen LogP contribution in [0.2, 0.25) is 0 Å². The summed E-state index contributed by atoms with van der Waals surface area (Å²) >= 11 is 1.27. The highest BCUT2D eigenvalue weighted by Gasteiger charge is 2.21. The van der Waals surface area contributed by atoms with Gasteiger partial charge in [0.25, 0.3) is 0 Å². The number of amides is 1. The molecule has 8 heteroatoms. The summed E-state index contributed by atoms with van der Waals surface area (Å²) in [7, 11) is 0. The van der Waals surface area contributed by atoms with Crippen molar-refractivity contribution in [3.63, 3.8) is 0 Å². The van der Waals surface area contributed by atoms with Gasteiger partial charge in [-0.1, -0.05) is 30.0 Å². The lowest BCUT2D eigenvalue weighted by Gasteiger charge is -2.13. The van der Waals surface area contributed by atoms with Gasteiger partial charge in [-0.3, -0.25) is 9.36 Å². The van der Waals surface area contributed by atoms with Crippen molar-refractivity contribution in [1.29, 1.82) is 5.26 Å². The number of aromatic amines is 1. The molecule has 0 radical (unpaired) electrons. The first-order chi connectivity index (χ1) is 14.5. The second-order valence-corrected chi connectivity index (χ2v) is 7.72. The van der Waals surface area contributed by atoms with Crippen molar-refractivity contribution in [2.45, 2.75) is 19.0 Å². The number of hydrogen-bond donors (Lipinski definition) is 2. The molecule has 0 saturated heterocycles. The van der Waals surface area contributed by atoms with Crippen LogP contribution < -0.4 is 5.32 Å². The maximum atomic E-state index is 13.8. The number of nitrogens with zero attached hydrogens (tertiary/aromatic N) is 3. The van der Waals surface area contributed by atoms with Gasteiger partial charge in [0, 0.05) is 5.69 Å². The van der Waals surface area contributed by atoms with Gasteiger partial charge < -0.3 is 10.3 Å². The van der Waals surface area contributed by atoms with Gasteiger partial charge in [0.2, 0.25) is 5.91 Å². The molecule has 6 nitrogen and oxygen atoms in total. The Kier molecular flexibility index (Phi) is 5.29. The molecule has 0 aliphatic heterocycles. The maximum Gasteiger partial charge on any atom is 0.236 e. The first-order valence-electron chi connectivity index (χ1n) is 9.23. The number of rotatable bonds is 5. The monoisotopic (exact) mass is 419 g/mol. The minimum atomic E-state index is -0.394. The Morgan fingerprint density at radius 1 is 1.27 bits per heavy atom. The first-order valence-corrected chi connectivity index (χ1v) is 10.2. The van der Waals surface area contributed by atoms with Crippen LogP contribution in [0.3, 0.4) is 0 Å². The van der Waals surface area contributed by atoms with E-state index in [-0.39, 0.29) is 11.7 Å². The summed E-state index contributed by atoms with van der Waals surface area (Å²) in [4.78, 5) is 20.3. The van der Waals surface area contributed by atoms with E-state index in [1.54, 1.807) is 16.7 Å². The molecular formula is C22H18FN5OS. The number of anilines is 1. The number of nitrogens with one attached hydrogen (secondary N) is 2. The topological polar surface area (TPSA) is 86.5 Å². The SMILES string of the molecule is Cc1c(C#N)c(NC(=O)CSc2nc3ccccc3[nH]2)n(-c2cccc(F)c2)c1C. The average Bonchev–Trinajstić information content (AvgIpc) is 3.25. The number of aromatic nitrogens is 3. The van der Waals surface area contributed by atoms with E-state index in [1.165, 1.54) is 23.9 Å². The van der Waals surface area contributed by atoms with Gasteiger partial charge in [-0.25, -0.2) is 9.37 Å². The van der Waals surface area contributed by atoms with Crippen molar-refractivity contribution in [3.05, 3.63) is 71.2 Å². The molecule has 0 aliphatic rings. The predicted octanol–water partition coefficient (Wildman–Crippen LogP) is 4.71. The zero-order valence-electron chi connectivity index (χ0n) is 16.4. The Hall–Kier alpha value is -3.57. The van der Waals surface area contributed by atoms with Gasteiger partial charge in [-0.2, -0.15) is 5.26 Å². The van der Waals surface area contributed by atoms with Crippen molar-refractivity contribution in [1.82, 2.24) is 14.5 Å². The van der Waals surface area contributed by atoms with Crippen LogP contribution in [0.4, 0.5) is 10.2 Å². The molecule has 0 spiro atoms. The van der Waals surface area contributed by atoms with E-state index in [9.17, 15) is 14.4 Å². The fourth-order valence-corrected chi connectivity index (χ4v) is 3.98. The summed E-state index contributed by atoms with van der Waals surface area (Å²) in [5, 5.41) is 13.1. The number of carbonyl (C=O) groups is 1. The zero-order valence-corrected chi connectivity index (χ0v) is 17.2. The highest BCUT2D eigenvalue weighted by molar-refractivity contribution is 7.99. The lowest BCUT2D eigenvalue weighted by Crippen LogP contribution is -2.18.